The number of nitrogens with zero attached hydrogens (tertiary/aromatic N) is 2. The summed E-state index contributed by atoms with van der Waals surface area (Å²) in [6.45, 7) is 5.73. The lowest BCUT2D eigenvalue weighted by atomic mass is 9.78. The molecule has 6 nitrogen and oxygen atoms in total. The third-order valence-electron chi connectivity index (χ3n) is 5.73. The largest absolute Gasteiger partial charge is 0.496 e. The number of hydrogen-bond donors (Lipinski definition) is 1. The quantitative estimate of drug-likeness (QED) is 0.812. The number of hydrogen-bond acceptors (Lipinski definition) is 5. The van der Waals surface area contributed by atoms with Gasteiger partial charge in [-0.15, -0.1) is 0 Å². The molecule has 0 radical (unpaired) electrons. The predicted octanol–water partition coefficient (Wildman–Crippen LogP) is 1.49. The lowest BCUT2D eigenvalue weighted by Crippen LogP contribution is -2.56. The number of piperazine rings is 1. The van der Waals surface area contributed by atoms with Crippen molar-refractivity contribution >= 4 is 5.91 Å². The molecule has 2 saturated heterocycles. The van der Waals surface area contributed by atoms with E-state index in [0.717, 1.165) is 44.6 Å². The number of amides is 1. The molecule has 1 N–H and O–H groups in total. The van der Waals surface area contributed by atoms with Gasteiger partial charge < -0.3 is 19.7 Å². The van der Waals surface area contributed by atoms with Crippen molar-refractivity contribution in [2.24, 2.45) is 5.41 Å². The Labute approximate surface area is 160 Å². The molecule has 1 aromatic carbocycles. The number of ether oxygens (including phenoxy) is 2. The van der Waals surface area contributed by atoms with Crippen molar-refractivity contribution in [3.8, 4) is 5.75 Å². The highest BCUT2D eigenvalue weighted by molar-refractivity contribution is 5.83. The minimum absolute atomic E-state index is 0.217. The van der Waals surface area contributed by atoms with Crippen molar-refractivity contribution < 1.29 is 18.7 Å². The molecule has 2 heterocycles. The Hall–Kier alpha value is -1.70. The molecule has 0 bridgehead atoms. The van der Waals surface area contributed by atoms with Crippen molar-refractivity contribution in [1.82, 2.24) is 15.1 Å². The molecule has 27 heavy (non-hydrogen) atoms. The van der Waals surface area contributed by atoms with Gasteiger partial charge in [0.2, 0.25) is 5.91 Å². The predicted molar refractivity (Wildman–Crippen MR) is 101 cm³/mol. The number of nitrogens with one attached hydrogen (secondary N) is 1. The fraction of sp³-hybridized carbons (Fsp3) is 0.650. The van der Waals surface area contributed by atoms with Crippen molar-refractivity contribution in [1.29, 1.82) is 0 Å². The number of methoxy groups -OCH3 is 2. The van der Waals surface area contributed by atoms with E-state index in [1.165, 1.54) is 12.1 Å². The molecule has 0 aromatic heterocycles. The third-order valence-corrected chi connectivity index (χ3v) is 5.73. The molecule has 1 amide bonds. The van der Waals surface area contributed by atoms with E-state index in [0.29, 0.717) is 32.0 Å². The summed E-state index contributed by atoms with van der Waals surface area (Å²) in [6, 6.07) is 4.60. The first-order valence-corrected chi connectivity index (χ1v) is 9.62. The highest BCUT2D eigenvalue weighted by Gasteiger charge is 2.42. The summed E-state index contributed by atoms with van der Waals surface area (Å²) in [5, 5.41) is 3.33. The lowest BCUT2D eigenvalue weighted by molar-refractivity contribution is -0.149. The van der Waals surface area contributed by atoms with Gasteiger partial charge in [-0.1, -0.05) is 0 Å². The smallest absolute Gasteiger partial charge is 0.231 e. The van der Waals surface area contributed by atoms with E-state index < -0.39 is 5.41 Å². The topological polar surface area (TPSA) is 54.0 Å². The van der Waals surface area contributed by atoms with E-state index in [-0.39, 0.29) is 11.7 Å². The number of carbonyl (C=O) groups excluding carboxylic acids is 1. The van der Waals surface area contributed by atoms with E-state index in [1.54, 1.807) is 20.3 Å². The van der Waals surface area contributed by atoms with Gasteiger partial charge in [0, 0.05) is 45.4 Å². The van der Waals surface area contributed by atoms with Gasteiger partial charge >= 0.3 is 0 Å². The third kappa shape index (κ3) is 4.59. The summed E-state index contributed by atoms with van der Waals surface area (Å²) >= 11 is 0. The van der Waals surface area contributed by atoms with E-state index in [4.69, 9.17) is 9.47 Å². The van der Waals surface area contributed by atoms with Crippen LogP contribution in [0.1, 0.15) is 18.4 Å². The second-order valence-electron chi connectivity index (χ2n) is 7.49. The van der Waals surface area contributed by atoms with Crippen LogP contribution in [0.25, 0.3) is 0 Å². The van der Waals surface area contributed by atoms with E-state index in [1.807, 2.05) is 4.90 Å². The van der Waals surface area contributed by atoms with Crippen molar-refractivity contribution in [3.63, 3.8) is 0 Å². The molecule has 2 aliphatic rings. The van der Waals surface area contributed by atoms with E-state index in [9.17, 15) is 9.18 Å². The van der Waals surface area contributed by atoms with Gasteiger partial charge in [-0.3, -0.25) is 9.69 Å². The molecule has 0 aliphatic carbocycles. The minimum Gasteiger partial charge on any atom is -0.496 e. The van der Waals surface area contributed by atoms with Crippen LogP contribution in [0.15, 0.2) is 18.2 Å². The number of rotatable bonds is 6. The Kier molecular flexibility index (Phi) is 6.68. The highest BCUT2D eigenvalue weighted by Crippen LogP contribution is 2.32. The van der Waals surface area contributed by atoms with Crippen LogP contribution in [0.4, 0.5) is 4.39 Å². The Morgan fingerprint density at radius 1 is 1.19 bits per heavy atom. The zero-order chi connectivity index (χ0) is 19.3. The van der Waals surface area contributed by atoms with Crippen LogP contribution >= 0.6 is 0 Å². The normalized spacial score (nSPS) is 20.5. The average molecular weight is 379 g/mol. The van der Waals surface area contributed by atoms with Crippen LogP contribution in [0.2, 0.25) is 0 Å². The van der Waals surface area contributed by atoms with Gasteiger partial charge in [0.05, 0.1) is 19.1 Å². The zero-order valence-corrected chi connectivity index (χ0v) is 16.3. The standard InChI is InChI=1S/C20H30FN3O3/c1-26-15-20(5-7-22-8-6-20)19(25)24-11-9-23(10-12-24)14-16-13-17(21)3-4-18(16)27-2/h3-4,13,22H,5-12,14-15H2,1-2H3. The van der Waals surface area contributed by atoms with Crippen LogP contribution in [-0.2, 0) is 16.1 Å². The first kappa shape index (κ1) is 20.0. The van der Waals surface area contributed by atoms with Crippen molar-refractivity contribution in [2.45, 2.75) is 19.4 Å². The highest BCUT2D eigenvalue weighted by atomic mass is 19.1. The second-order valence-corrected chi connectivity index (χ2v) is 7.49. The van der Waals surface area contributed by atoms with Crippen LogP contribution in [0, 0.1) is 11.2 Å². The number of halogens is 1. The van der Waals surface area contributed by atoms with Crippen LogP contribution in [-0.4, -0.2) is 75.8 Å². The maximum absolute atomic E-state index is 13.6. The zero-order valence-electron chi connectivity index (χ0n) is 16.3. The number of piperidine rings is 1. The SMILES string of the molecule is COCC1(C(=O)N2CCN(Cc3cc(F)ccc3OC)CC2)CCNCC1. The lowest BCUT2D eigenvalue weighted by Gasteiger charge is -2.42. The minimum atomic E-state index is -0.395. The van der Waals surface area contributed by atoms with Crippen LogP contribution < -0.4 is 10.1 Å². The molecule has 0 atom stereocenters. The molecular formula is C20H30FN3O3. The molecule has 150 valence electrons. The Morgan fingerprint density at radius 2 is 1.89 bits per heavy atom. The molecule has 3 rings (SSSR count). The van der Waals surface area contributed by atoms with Gasteiger partial charge in [-0.2, -0.15) is 0 Å². The molecule has 7 heteroatoms. The Balaban J connectivity index is 1.60. The monoisotopic (exact) mass is 379 g/mol. The fourth-order valence-corrected chi connectivity index (χ4v) is 4.16. The van der Waals surface area contributed by atoms with E-state index in [2.05, 4.69) is 10.2 Å². The van der Waals surface area contributed by atoms with E-state index >= 15 is 0 Å². The summed E-state index contributed by atoms with van der Waals surface area (Å²) in [5.74, 6) is 0.657. The van der Waals surface area contributed by atoms with Gasteiger partial charge in [0.1, 0.15) is 11.6 Å². The Bertz CT molecular complexity index is 636. The molecule has 0 saturated carbocycles. The van der Waals surface area contributed by atoms with Crippen molar-refractivity contribution in [2.75, 3.05) is 60.1 Å². The molecule has 2 fully saturated rings. The summed E-state index contributed by atoms with van der Waals surface area (Å²) < 4.78 is 24.3. The van der Waals surface area contributed by atoms with Crippen LogP contribution in [0.3, 0.4) is 0 Å². The fourth-order valence-electron chi connectivity index (χ4n) is 4.16. The molecule has 0 unspecified atom stereocenters. The second kappa shape index (κ2) is 8.99. The first-order chi connectivity index (χ1) is 13.1. The average Bonchev–Trinajstić information content (AvgIpc) is 2.69. The summed E-state index contributed by atoms with van der Waals surface area (Å²) in [6.07, 6.45) is 1.64. The Morgan fingerprint density at radius 3 is 2.52 bits per heavy atom. The maximum atomic E-state index is 13.6. The molecular weight excluding hydrogens is 349 g/mol. The van der Waals surface area contributed by atoms with Gasteiger partial charge in [-0.05, 0) is 44.1 Å². The van der Waals surface area contributed by atoms with Crippen LogP contribution in [0.5, 0.6) is 5.75 Å². The van der Waals surface area contributed by atoms with Gasteiger partial charge in [-0.25, -0.2) is 4.39 Å². The summed E-state index contributed by atoms with van der Waals surface area (Å²) in [5.41, 5.74) is 0.444. The van der Waals surface area contributed by atoms with Gasteiger partial charge in [0.25, 0.3) is 0 Å². The number of benzene rings is 1. The first-order valence-electron chi connectivity index (χ1n) is 9.62. The van der Waals surface area contributed by atoms with Gasteiger partial charge in [0.15, 0.2) is 0 Å². The number of carbonyl (C=O) groups is 1. The molecule has 1 aromatic rings. The van der Waals surface area contributed by atoms with Crippen molar-refractivity contribution in [3.05, 3.63) is 29.6 Å². The maximum Gasteiger partial charge on any atom is 0.231 e. The summed E-state index contributed by atoms with van der Waals surface area (Å²) in [7, 11) is 3.27. The summed E-state index contributed by atoms with van der Waals surface area (Å²) in [4.78, 5) is 17.4. The molecule has 0 spiro atoms. The molecule has 2 aliphatic heterocycles.